The highest BCUT2D eigenvalue weighted by molar-refractivity contribution is 6.01. The van der Waals surface area contributed by atoms with Crippen LogP contribution in [0.3, 0.4) is 0 Å². The molecule has 12 heteroatoms. The third-order valence-corrected chi connectivity index (χ3v) is 6.20. The van der Waals surface area contributed by atoms with Gasteiger partial charge in [-0.25, -0.2) is 0 Å². The second-order valence-electron chi connectivity index (χ2n) is 8.52. The molecule has 36 heavy (non-hydrogen) atoms. The minimum atomic E-state index is -3.73. The lowest BCUT2D eigenvalue weighted by molar-refractivity contribution is -0.286. The summed E-state index contributed by atoms with van der Waals surface area (Å²) in [4.78, 5) is 37.2. The van der Waals surface area contributed by atoms with E-state index in [1.165, 1.54) is 17.0 Å². The van der Waals surface area contributed by atoms with Crippen molar-refractivity contribution in [2.75, 3.05) is 0 Å². The second-order valence-corrected chi connectivity index (χ2v) is 8.52. The average Bonchev–Trinajstić information content (AvgIpc) is 3.44. The Labute approximate surface area is 202 Å². The summed E-state index contributed by atoms with van der Waals surface area (Å²) in [6, 6.07) is 8.52. The number of carboxylic acid groups (broad SMARTS) is 1. The van der Waals surface area contributed by atoms with Gasteiger partial charge < -0.3 is 25.2 Å². The van der Waals surface area contributed by atoms with Crippen LogP contribution in [0.2, 0.25) is 0 Å². The van der Waals surface area contributed by atoms with Gasteiger partial charge in [0.1, 0.15) is 6.04 Å². The predicted molar refractivity (Wildman–Crippen MR) is 120 cm³/mol. The number of nitrogens with two attached hydrogens (primary N) is 1. The molecule has 186 valence electrons. The molecule has 2 amide bonds. The van der Waals surface area contributed by atoms with Gasteiger partial charge in [-0.05, 0) is 47.9 Å². The fraction of sp³-hybridized carbons (Fsp3) is 0.250. The molecule has 0 saturated carbocycles. The number of nitrogens with zero attached hydrogens (tertiary/aromatic N) is 3. The van der Waals surface area contributed by atoms with Gasteiger partial charge in [0, 0.05) is 36.7 Å². The van der Waals surface area contributed by atoms with Gasteiger partial charge in [0.25, 0.3) is 5.91 Å². The highest BCUT2D eigenvalue weighted by Crippen LogP contribution is 2.44. The Morgan fingerprint density at radius 2 is 1.86 bits per heavy atom. The maximum atomic E-state index is 13.5. The number of aromatic nitrogens is 2. The zero-order valence-electron chi connectivity index (χ0n) is 18.9. The summed E-state index contributed by atoms with van der Waals surface area (Å²) in [7, 11) is 1.70. The van der Waals surface area contributed by atoms with Crippen LogP contribution in [0.1, 0.15) is 28.8 Å². The molecular formula is C24H20F2N4O6. The summed E-state index contributed by atoms with van der Waals surface area (Å²) in [5, 5.41) is 13.3. The minimum Gasteiger partial charge on any atom is -0.481 e. The zero-order valence-corrected chi connectivity index (χ0v) is 18.9. The molecular weight excluding hydrogens is 478 g/mol. The van der Waals surface area contributed by atoms with E-state index in [1.807, 2.05) is 0 Å². The summed E-state index contributed by atoms with van der Waals surface area (Å²) in [5.41, 5.74) is 9.04. The lowest BCUT2D eigenvalue weighted by atomic mass is 9.98. The first kappa shape index (κ1) is 23.3. The normalized spacial score (nSPS) is 16.2. The fourth-order valence-corrected chi connectivity index (χ4v) is 4.56. The number of carbonyl (C=O) groups is 3. The lowest BCUT2D eigenvalue weighted by Gasteiger charge is -2.24. The van der Waals surface area contributed by atoms with E-state index in [2.05, 4.69) is 14.6 Å². The van der Waals surface area contributed by atoms with Crippen LogP contribution in [0.4, 0.5) is 8.78 Å². The molecule has 0 radical (unpaired) electrons. The molecule has 0 bridgehead atoms. The van der Waals surface area contributed by atoms with Crippen molar-refractivity contribution in [1.82, 2.24) is 14.7 Å². The number of carbonyl (C=O) groups excluding carboxylic acids is 2. The molecule has 2 aliphatic rings. The number of hydrogen-bond acceptors (Lipinski definition) is 6. The number of fused-ring (bicyclic) bond motifs is 2. The number of ether oxygens (including phenoxy) is 2. The topological polar surface area (TPSA) is 137 Å². The van der Waals surface area contributed by atoms with Gasteiger partial charge in [-0.15, -0.1) is 8.78 Å². The van der Waals surface area contributed by atoms with Gasteiger partial charge in [0.15, 0.2) is 11.5 Å². The van der Waals surface area contributed by atoms with E-state index in [0.717, 1.165) is 0 Å². The van der Waals surface area contributed by atoms with Gasteiger partial charge in [-0.2, -0.15) is 5.10 Å². The maximum Gasteiger partial charge on any atom is 0.586 e. The van der Waals surface area contributed by atoms with E-state index in [4.69, 9.17) is 10.8 Å². The van der Waals surface area contributed by atoms with Crippen molar-refractivity contribution in [3.63, 3.8) is 0 Å². The molecule has 0 spiro atoms. The van der Waals surface area contributed by atoms with Crippen molar-refractivity contribution in [1.29, 1.82) is 0 Å². The molecule has 2 aliphatic heterocycles. The van der Waals surface area contributed by atoms with Crippen molar-refractivity contribution >= 4 is 17.8 Å². The number of alkyl halides is 2. The van der Waals surface area contributed by atoms with E-state index >= 15 is 0 Å². The third-order valence-electron chi connectivity index (χ3n) is 6.20. The highest BCUT2D eigenvalue weighted by atomic mass is 19.3. The minimum absolute atomic E-state index is 0.0736. The predicted octanol–water partition coefficient (Wildman–Crippen LogP) is 2.75. The second kappa shape index (κ2) is 8.33. The highest BCUT2D eigenvalue weighted by Gasteiger charge is 2.43. The molecule has 1 atom stereocenters. The SMILES string of the molecule is Cn1ncc(-c2ccc3c(c2)CN(C(CCC(=O)O)C(N)=O)C3=O)c1-c1ccc2c(c1)OC(F)(F)O2. The Hall–Kier alpha value is -4.48. The van der Waals surface area contributed by atoms with Crippen LogP contribution in [0, 0.1) is 0 Å². The van der Waals surface area contributed by atoms with E-state index in [9.17, 15) is 23.2 Å². The van der Waals surface area contributed by atoms with Crippen LogP contribution in [0.25, 0.3) is 22.4 Å². The summed E-state index contributed by atoms with van der Waals surface area (Å²) in [5.74, 6) is -2.45. The van der Waals surface area contributed by atoms with Crippen LogP contribution in [0.15, 0.2) is 42.6 Å². The molecule has 0 saturated heterocycles. The van der Waals surface area contributed by atoms with Crippen LogP contribution in [0.5, 0.6) is 11.5 Å². The number of primary amides is 1. The van der Waals surface area contributed by atoms with Crippen molar-refractivity contribution in [2.24, 2.45) is 12.8 Å². The number of aliphatic carboxylic acids is 1. The monoisotopic (exact) mass is 498 g/mol. The van der Waals surface area contributed by atoms with Crippen molar-refractivity contribution in [3.05, 3.63) is 53.7 Å². The van der Waals surface area contributed by atoms with Crippen molar-refractivity contribution in [2.45, 2.75) is 31.7 Å². The number of halogens is 2. The summed E-state index contributed by atoms with van der Waals surface area (Å²) in [6.07, 6.45) is -2.52. The Balaban J connectivity index is 1.47. The van der Waals surface area contributed by atoms with Crippen LogP contribution >= 0.6 is 0 Å². The van der Waals surface area contributed by atoms with Crippen LogP contribution in [-0.2, 0) is 23.2 Å². The largest absolute Gasteiger partial charge is 0.586 e. The summed E-state index contributed by atoms with van der Waals surface area (Å²) >= 11 is 0. The molecule has 1 unspecified atom stereocenters. The standard InChI is InChI=1S/C24H20F2N4O6/c1-29-21(13-3-6-18-19(9-13)36-24(25,26)35-18)16(10-28-29)12-2-4-15-14(8-12)11-30(23(15)34)17(22(27)33)5-7-20(31)32/h2-4,6,8-10,17H,5,7,11H2,1H3,(H2,27,33)(H,31,32). The van der Waals surface area contributed by atoms with Crippen LogP contribution < -0.4 is 15.2 Å². The van der Waals surface area contributed by atoms with Crippen molar-refractivity contribution < 1.29 is 37.7 Å². The Morgan fingerprint density at radius 3 is 2.58 bits per heavy atom. The van der Waals surface area contributed by atoms with Crippen molar-refractivity contribution in [3.8, 4) is 33.9 Å². The number of rotatable bonds is 7. The van der Waals surface area contributed by atoms with Gasteiger partial charge in [0.05, 0.1) is 11.9 Å². The fourth-order valence-electron chi connectivity index (χ4n) is 4.56. The Kier molecular flexibility index (Phi) is 5.38. The molecule has 0 aliphatic carbocycles. The average molecular weight is 498 g/mol. The lowest BCUT2D eigenvalue weighted by Crippen LogP contribution is -2.45. The Morgan fingerprint density at radius 1 is 1.14 bits per heavy atom. The quantitative estimate of drug-likeness (QED) is 0.511. The van der Waals surface area contributed by atoms with Crippen LogP contribution in [-0.4, -0.2) is 49.9 Å². The summed E-state index contributed by atoms with van der Waals surface area (Å²) in [6.45, 7) is 0.0872. The smallest absolute Gasteiger partial charge is 0.481 e. The maximum absolute atomic E-state index is 13.5. The number of amides is 2. The van der Waals surface area contributed by atoms with E-state index < -0.39 is 30.1 Å². The Bertz CT molecular complexity index is 1420. The van der Waals surface area contributed by atoms with E-state index in [0.29, 0.717) is 33.5 Å². The van der Waals surface area contributed by atoms with E-state index in [1.54, 1.807) is 42.2 Å². The first-order valence-corrected chi connectivity index (χ1v) is 10.9. The number of benzene rings is 2. The molecule has 3 heterocycles. The zero-order chi connectivity index (χ0) is 25.8. The summed E-state index contributed by atoms with van der Waals surface area (Å²) < 4.78 is 37.6. The molecule has 0 fully saturated rings. The molecule has 1 aromatic heterocycles. The third kappa shape index (κ3) is 4.00. The molecule has 2 aromatic carbocycles. The van der Waals surface area contributed by atoms with E-state index in [-0.39, 0.29) is 30.9 Å². The number of carboxylic acids is 1. The van der Waals surface area contributed by atoms with Gasteiger partial charge >= 0.3 is 12.3 Å². The van der Waals surface area contributed by atoms with Gasteiger partial charge in [-0.3, -0.25) is 19.1 Å². The number of aryl methyl sites for hydroxylation is 1. The molecule has 3 aromatic rings. The van der Waals surface area contributed by atoms with Gasteiger partial charge in [-0.1, -0.05) is 6.07 Å². The molecule has 10 nitrogen and oxygen atoms in total. The number of hydrogen-bond donors (Lipinski definition) is 2. The molecule has 5 rings (SSSR count). The van der Waals surface area contributed by atoms with Gasteiger partial charge in [0.2, 0.25) is 5.91 Å². The first-order valence-electron chi connectivity index (χ1n) is 10.9. The first-order chi connectivity index (χ1) is 17.0. The molecule has 3 N–H and O–H groups in total.